The van der Waals surface area contributed by atoms with Gasteiger partial charge in [-0.2, -0.15) is 0 Å². The Balaban J connectivity index is 1.77. The zero-order valence-electron chi connectivity index (χ0n) is 12.3. The Morgan fingerprint density at radius 2 is 1.96 bits per heavy atom. The zero-order valence-corrected chi connectivity index (χ0v) is 12.3. The molecule has 2 aromatic rings. The van der Waals surface area contributed by atoms with Gasteiger partial charge in [0, 0.05) is 11.6 Å². The number of carboxylic acids is 1. The molecular weight excluding hydrogens is 293 g/mol. The summed E-state index contributed by atoms with van der Waals surface area (Å²) in [6.07, 6.45) is 5.18. The van der Waals surface area contributed by atoms with Crippen LogP contribution in [-0.2, 0) is 0 Å². The van der Waals surface area contributed by atoms with Gasteiger partial charge in [0.2, 0.25) is 0 Å². The molecule has 0 radical (unpaired) electrons. The maximum absolute atomic E-state index is 13.2. The van der Waals surface area contributed by atoms with E-state index in [0.29, 0.717) is 5.92 Å². The van der Waals surface area contributed by atoms with E-state index < -0.39 is 5.97 Å². The molecule has 0 saturated carbocycles. The van der Waals surface area contributed by atoms with Crippen LogP contribution < -0.4 is 10.4 Å². The van der Waals surface area contributed by atoms with Crippen LogP contribution in [0.2, 0.25) is 0 Å². The molecule has 3 atom stereocenters. The fourth-order valence-electron chi connectivity index (χ4n) is 3.72. The van der Waals surface area contributed by atoms with Crippen LogP contribution in [0.5, 0.6) is 0 Å². The number of anilines is 1. The normalized spacial score (nSPS) is 24.7. The lowest BCUT2D eigenvalue weighted by Crippen LogP contribution is -2.30. The number of fused-ring (bicyclic) bond motifs is 3. The summed E-state index contributed by atoms with van der Waals surface area (Å²) >= 11 is 0. The highest BCUT2D eigenvalue weighted by atomic mass is 19.1. The predicted octanol–water partition coefficient (Wildman–Crippen LogP) is 3.02. The minimum atomic E-state index is -1.16. The molecule has 0 aromatic heterocycles. The van der Waals surface area contributed by atoms with E-state index in [0.717, 1.165) is 23.2 Å². The van der Waals surface area contributed by atoms with Gasteiger partial charge in [-0.15, -0.1) is 0 Å². The van der Waals surface area contributed by atoms with Crippen LogP contribution in [0.15, 0.2) is 54.6 Å². The second-order valence-corrected chi connectivity index (χ2v) is 6.12. The Labute approximate surface area is 133 Å². The number of rotatable bonds is 2. The number of halogens is 1. The van der Waals surface area contributed by atoms with Crippen molar-refractivity contribution in [1.29, 1.82) is 0 Å². The second-order valence-electron chi connectivity index (χ2n) is 6.12. The van der Waals surface area contributed by atoms with Gasteiger partial charge in [0.1, 0.15) is 5.82 Å². The minimum Gasteiger partial charge on any atom is -0.545 e. The van der Waals surface area contributed by atoms with Gasteiger partial charge in [-0.05, 0) is 53.3 Å². The molecule has 4 rings (SSSR count). The third-order valence-corrected chi connectivity index (χ3v) is 4.83. The van der Waals surface area contributed by atoms with E-state index in [4.69, 9.17) is 0 Å². The van der Waals surface area contributed by atoms with Crippen molar-refractivity contribution in [2.75, 3.05) is 5.32 Å². The number of benzene rings is 2. The molecule has 0 amide bonds. The molecule has 0 unspecified atom stereocenters. The summed E-state index contributed by atoms with van der Waals surface area (Å²) in [6, 6.07) is 11.7. The number of hydrogen-bond acceptors (Lipinski definition) is 3. The van der Waals surface area contributed by atoms with Crippen molar-refractivity contribution in [3.8, 4) is 0 Å². The number of nitrogens with one attached hydrogen (secondary N) is 1. The standard InChI is InChI=1S/C19H16FNO2/c20-13-7-4-11(5-8-13)18-15-3-1-2-14(15)16-10-12(19(22)23)6-9-17(16)21-18/h1-2,4-10,14-15,18,21H,3H2,(H,22,23)/p-1/t14-,15-,18+/m0/s1. The monoisotopic (exact) mass is 308 g/mol. The summed E-state index contributed by atoms with van der Waals surface area (Å²) in [5.41, 5.74) is 3.16. The maximum atomic E-state index is 13.2. The van der Waals surface area contributed by atoms with Gasteiger partial charge in [0.15, 0.2) is 0 Å². The van der Waals surface area contributed by atoms with Crippen LogP contribution >= 0.6 is 0 Å². The van der Waals surface area contributed by atoms with Crippen molar-refractivity contribution in [3.63, 3.8) is 0 Å². The van der Waals surface area contributed by atoms with Crippen LogP contribution in [-0.4, -0.2) is 5.97 Å². The summed E-state index contributed by atoms with van der Waals surface area (Å²) in [6.45, 7) is 0. The lowest BCUT2D eigenvalue weighted by molar-refractivity contribution is -0.255. The topological polar surface area (TPSA) is 52.2 Å². The van der Waals surface area contributed by atoms with Gasteiger partial charge in [-0.1, -0.05) is 30.4 Å². The largest absolute Gasteiger partial charge is 0.545 e. The zero-order chi connectivity index (χ0) is 16.0. The Hall–Kier alpha value is -2.62. The van der Waals surface area contributed by atoms with E-state index in [2.05, 4.69) is 17.5 Å². The van der Waals surface area contributed by atoms with Gasteiger partial charge in [0.25, 0.3) is 0 Å². The predicted molar refractivity (Wildman–Crippen MR) is 83.5 cm³/mol. The lowest BCUT2D eigenvalue weighted by atomic mass is 9.76. The van der Waals surface area contributed by atoms with Crippen molar-refractivity contribution in [1.82, 2.24) is 0 Å². The maximum Gasteiger partial charge on any atom is 0.123 e. The van der Waals surface area contributed by atoms with E-state index in [9.17, 15) is 14.3 Å². The molecule has 4 heteroatoms. The van der Waals surface area contributed by atoms with Gasteiger partial charge in [-0.3, -0.25) is 0 Å². The molecule has 0 bridgehead atoms. The number of carboxylic acid groups (broad SMARTS) is 1. The molecule has 0 spiro atoms. The molecule has 0 fully saturated rings. The number of carbonyl (C=O) groups excluding carboxylic acids is 1. The Morgan fingerprint density at radius 3 is 2.70 bits per heavy atom. The van der Waals surface area contributed by atoms with E-state index >= 15 is 0 Å². The summed E-state index contributed by atoms with van der Waals surface area (Å²) in [5, 5.41) is 14.6. The molecule has 2 aromatic carbocycles. The van der Waals surface area contributed by atoms with Crippen molar-refractivity contribution in [2.45, 2.75) is 18.4 Å². The third kappa shape index (κ3) is 2.31. The van der Waals surface area contributed by atoms with E-state index in [1.165, 1.54) is 12.1 Å². The molecule has 1 aliphatic heterocycles. The average Bonchev–Trinajstić information content (AvgIpc) is 3.04. The number of allylic oxidation sites excluding steroid dienone is 2. The van der Waals surface area contributed by atoms with E-state index in [1.54, 1.807) is 18.2 Å². The van der Waals surface area contributed by atoms with Gasteiger partial charge in [-0.25, -0.2) is 4.39 Å². The molecular formula is C19H15FNO2-. The highest BCUT2D eigenvalue weighted by Gasteiger charge is 2.37. The molecule has 0 saturated heterocycles. The first kappa shape index (κ1) is 14.0. The minimum absolute atomic E-state index is 0.0805. The van der Waals surface area contributed by atoms with Gasteiger partial charge in [0.05, 0.1) is 12.0 Å². The smallest absolute Gasteiger partial charge is 0.123 e. The van der Waals surface area contributed by atoms with Crippen LogP contribution in [0.1, 0.15) is 39.9 Å². The molecule has 116 valence electrons. The Kier molecular flexibility index (Phi) is 3.18. The summed E-state index contributed by atoms with van der Waals surface area (Å²) < 4.78 is 13.2. The Morgan fingerprint density at radius 1 is 1.17 bits per heavy atom. The highest BCUT2D eigenvalue weighted by Crippen LogP contribution is 2.49. The van der Waals surface area contributed by atoms with Gasteiger partial charge >= 0.3 is 0 Å². The number of hydrogen-bond donors (Lipinski definition) is 1. The first-order valence-electron chi connectivity index (χ1n) is 7.67. The van der Waals surface area contributed by atoms with Crippen LogP contribution in [0, 0.1) is 11.7 Å². The molecule has 1 aliphatic carbocycles. The average molecular weight is 308 g/mol. The fraction of sp³-hybridized carbons (Fsp3) is 0.211. The molecule has 1 N–H and O–H groups in total. The molecule has 1 heterocycles. The SMILES string of the molecule is O=C([O-])c1ccc2c(c1)[C@H]1C=CC[C@@H]1[C@@H](c1ccc(F)cc1)N2. The lowest BCUT2D eigenvalue weighted by Gasteiger charge is -2.37. The first-order chi connectivity index (χ1) is 11.1. The van der Waals surface area contributed by atoms with Crippen molar-refractivity contribution in [2.24, 2.45) is 5.92 Å². The molecule has 2 aliphatic rings. The Bertz CT molecular complexity index is 798. The van der Waals surface area contributed by atoms with Crippen LogP contribution in [0.25, 0.3) is 0 Å². The number of carbonyl (C=O) groups is 1. The van der Waals surface area contributed by atoms with E-state index in [1.807, 2.05) is 12.1 Å². The van der Waals surface area contributed by atoms with Crippen molar-refractivity contribution in [3.05, 3.63) is 77.1 Å². The van der Waals surface area contributed by atoms with Crippen molar-refractivity contribution >= 4 is 11.7 Å². The van der Waals surface area contributed by atoms with E-state index in [-0.39, 0.29) is 23.3 Å². The van der Waals surface area contributed by atoms with Crippen LogP contribution in [0.4, 0.5) is 10.1 Å². The first-order valence-corrected chi connectivity index (χ1v) is 7.67. The highest BCUT2D eigenvalue weighted by molar-refractivity contribution is 5.87. The summed E-state index contributed by atoms with van der Waals surface area (Å²) in [5.74, 6) is -0.942. The van der Waals surface area contributed by atoms with Crippen molar-refractivity contribution < 1.29 is 14.3 Å². The molecule has 23 heavy (non-hydrogen) atoms. The molecule has 3 nitrogen and oxygen atoms in total. The van der Waals surface area contributed by atoms with Gasteiger partial charge < -0.3 is 15.2 Å². The second kappa shape index (κ2) is 5.23. The summed E-state index contributed by atoms with van der Waals surface area (Å²) in [4.78, 5) is 11.1. The fourth-order valence-corrected chi connectivity index (χ4v) is 3.72. The van der Waals surface area contributed by atoms with Crippen LogP contribution in [0.3, 0.4) is 0 Å². The quantitative estimate of drug-likeness (QED) is 0.868. The number of aromatic carboxylic acids is 1. The third-order valence-electron chi connectivity index (χ3n) is 4.83. The summed E-state index contributed by atoms with van der Waals surface area (Å²) in [7, 11) is 0.